The van der Waals surface area contributed by atoms with Crippen molar-refractivity contribution >= 4 is 17.6 Å². The van der Waals surface area contributed by atoms with Gasteiger partial charge in [-0.3, -0.25) is 9.48 Å². The number of carboxylic acids is 1. The second-order valence-electron chi connectivity index (χ2n) is 3.93. The van der Waals surface area contributed by atoms with E-state index in [2.05, 4.69) is 15.6 Å². The van der Waals surface area contributed by atoms with Gasteiger partial charge in [0.25, 0.3) is 0 Å². The molecule has 0 saturated carbocycles. The zero-order valence-corrected chi connectivity index (χ0v) is 10.3. The molecule has 0 aliphatic rings. The van der Waals surface area contributed by atoms with Crippen LogP contribution in [-0.2, 0) is 11.3 Å². The Balaban J connectivity index is 2.06. The van der Waals surface area contributed by atoms with Gasteiger partial charge in [0.05, 0.1) is 24.0 Å². The Morgan fingerprint density at radius 1 is 1.40 bits per heavy atom. The van der Waals surface area contributed by atoms with Crippen LogP contribution in [0.3, 0.4) is 0 Å². The highest BCUT2D eigenvalue weighted by atomic mass is 19.1. The Labute approximate surface area is 113 Å². The third kappa shape index (κ3) is 3.16. The molecule has 104 valence electrons. The molecule has 2 rings (SSSR count). The van der Waals surface area contributed by atoms with Crippen LogP contribution in [0.2, 0.25) is 0 Å². The number of amides is 1. The molecule has 0 fully saturated rings. The number of nitrogens with zero attached hydrogens (tertiary/aromatic N) is 3. The molecule has 0 unspecified atom stereocenters. The minimum Gasteiger partial charge on any atom is -0.478 e. The van der Waals surface area contributed by atoms with Crippen LogP contribution >= 0.6 is 0 Å². The molecule has 0 saturated heterocycles. The predicted molar refractivity (Wildman–Crippen MR) is 66.6 cm³/mol. The Kier molecular flexibility index (Phi) is 4.04. The van der Waals surface area contributed by atoms with Crippen molar-refractivity contribution in [1.29, 1.82) is 0 Å². The molecule has 1 aromatic heterocycles. The third-order valence-corrected chi connectivity index (χ3v) is 2.55. The summed E-state index contributed by atoms with van der Waals surface area (Å²) < 4.78 is 15.0. The third-order valence-electron chi connectivity index (χ3n) is 2.55. The van der Waals surface area contributed by atoms with E-state index in [-0.39, 0.29) is 24.2 Å². The lowest BCUT2D eigenvalue weighted by atomic mass is 10.1. The number of para-hydroxylation sites is 1. The number of aromatic nitrogens is 3. The summed E-state index contributed by atoms with van der Waals surface area (Å²) in [5, 5.41) is 18.5. The highest BCUT2D eigenvalue weighted by Crippen LogP contribution is 2.20. The Hall–Kier alpha value is -2.77. The lowest BCUT2D eigenvalue weighted by molar-refractivity contribution is -0.116. The molecule has 1 heterocycles. The van der Waals surface area contributed by atoms with Gasteiger partial charge in [-0.25, -0.2) is 9.18 Å². The number of carbonyl (C=O) groups is 2. The lowest BCUT2D eigenvalue weighted by Gasteiger charge is -2.09. The van der Waals surface area contributed by atoms with Crippen LogP contribution in [-0.4, -0.2) is 32.0 Å². The number of rotatable bonds is 5. The monoisotopic (exact) mass is 278 g/mol. The average molecular weight is 278 g/mol. The maximum Gasteiger partial charge on any atom is 0.337 e. The first-order valence-electron chi connectivity index (χ1n) is 5.73. The van der Waals surface area contributed by atoms with Gasteiger partial charge in [-0.15, -0.1) is 5.10 Å². The summed E-state index contributed by atoms with van der Waals surface area (Å²) in [5.74, 6) is -2.61. The minimum absolute atomic E-state index is 0.0246. The molecule has 2 N–H and O–H groups in total. The SMILES string of the molecule is O=C(CCn1ccnn1)Nc1c(F)cccc1C(=O)O. The Morgan fingerprint density at radius 3 is 2.85 bits per heavy atom. The fourth-order valence-electron chi connectivity index (χ4n) is 1.60. The van der Waals surface area contributed by atoms with Crippen molar-refractivity contribution in [2.45, 2.75) is 13.0 Å². The molecule has 0 spiro atoms. The fourth-order valence-corrected chi connectivity index (χ4v) is 1.60. The first kappa shape index (κ1) is 13.7. The molecular weight excluding hydrogens is 267 g/mol. The molecule has 20 heavy (non-hydrogen) atoms. The van der Waals surface area contributed by atoms with E-state index < -0.39 is 17.7 Å². The summed E-state index contributed by atoms with van der Waals surface area (Å²) in [6, 6.07) is 3.57. The molecule has 1 aromatic carbocycles. The number of carboxylic acid groups (broad SMARTS) is 1. The maximum absolute atomic E-state index is 13.6. The van der Waals surface area contributed by atoms with E-state index in [0.29, 0.717) is 0 Å². The molecule has 0 radical (unpaired) electrons. The van der Waals surface area contributed by atoms with E-state index in [1.54, 1.807) is 6.20 Å². The summed E-state index contributed by atoms with van der Waals surface area (Å²) in [6.07, 6.45) is 3.08. The van der Waals surface area contributed by atoms with Crippen LogP contribution in [0.25, 0.3) is 0 Å². The molecule has 0 bridgehead atoms. The maximum atomic E-state index is 13.6. The molecule has 7 nitrogen and oxygen atoms in total. The number of halogens is 1. The second-order valence-corrected chi connectivity index (χ2v) is 3.93. The number of aryl methyl sites for hydroxylation is 1. The van der Waals surface area contributed by atoms with Crippen LogP contribution < -0.4 is 5.32 Å². The van der Waals surface area contributed by atoms with E-state index in [1.807, 2.05) is 0 Å². The van der Waals surface area contributed by atoms with Gasteiger partial charge in [-0.1, -0.05) is 11.3 Å². The normalized spacial score (nSPS) is 10.2. The van der Waals surface area contributed by atoms with E-state index in [4.69, 9.17) is 5.11 Å². The van der Waals surface area contributed by atoms with E-state index >= 15 is 0 Å². The van der Waals surface area contributed by atoms with Crippen LogP contribution in [0.5, 0.6) is 0 Å². The second kappa shape index (κ2) is 5.91. The van der Waals surface area contributed by atoms with Crippen LogP contribution in [0.1, 0.15) is 16.8 Å². The van der Waals surface area contributed by atoms with Crippen molar-refractivity contribution in [2.24, 2.45) is 0 Å². The number of hydrogen-bond acceptors (Lipinski definition) is 4. The van der Waals surface area contributed by atoms with Gasteiger partial charge in [0.15, 0.2) is 0 Å². The average Bonchev–Trinajstić information content (AvgIpc) is 2.91. The standard InChI is InChI=1S/C12H11FN4O3/c13-9-3-1-2-8(12(19)20)11(9)15-10(18)4-6-17-7-5-14-16-17/h1-3,5,7H,4,6H2,(H,15,18)(H,19,20). The van der Waals surface area contributed by atoms with Crippen molar-refractivity contribution in [1.82, 2.24) is 15.0 Å². The van der Waals surface area contributed by atoms with Crippen LogP contribution in [0, 0.1) is 5.82 Å². The van der Waals surface area contributed by atoms with Gasteiger partial charge in [0.2, 0.25) is 5.91 Å². The van der Waals surface area contributed by atoms with E-state index in [0.717, 1.165) is 6.07 Å². The van der Waals surface area contributed by atoms with Gasteiger partial charge in [-0.2, -0.15) is 0 Å². The Bertz CT molecular complexity index is 628. The molecule has 0 aliphatic heterocycles. The zero-order valence-electron chi connectivity index (χ0n) is 10.3. The van der Waals surface area contributed by atoms with Gasteiger partial charge in [-0.05, 0) is 12.1 Å². The van der Waals surface area contributed by atoms with Crippen molar-refractivity contribution < 1.29 is 19.1 Å². The molecular formula is C12H11FN4O3. The van der Waals surface area contributed by atoms with Crippen molar-refractivity contribution in [3.8, 4) is 0 Å². The molecule has 0 aliphatic carbocycles. The van der Waals surface area contributed by atoms with Gasteiger partial charge in [0, 0.05) is 12.6 Å². The fraction of sp³-hybridized carbons (Fsp3) is 0.167. The van der Waals surface area contributed by atoms with Crippen molar-refractivity contribution in [3.05, 3.63) is 42.0 Å². The first-order chi connectivity index (χ1) is 9.58. The molecule has 0 atom stereocenters. The van der Waals surface area contributed by atoms with Gasteiger partial charge in [0.1, 0.15) is 5.82 Å². The number of aromatic carboxylic acids is 1. The number of carbonyl (C=O) groups excluding carboxylic acids is 1. The number of anilines is 1. The van der Waals surface area contributed by atoms with E-state index in [9.17, 15) is 14.0 Å². The smallest absolute Gasteiger partial charge is 0.337 e. The van der Waals surface area contributed by atoms with Crippen LogP contribution in [0.15, 0.2) is 30.6 Å². The van der Waals surface area contributed by atoms with Crippen molar-refractivity contribution in [3.63, 3.8) is 0 Å². The van der Waals surface area contributed by atoms with Crippen molar-refractivity contribution in [2.75, 3.05) is 5.32 Å². The summed E-state index contributed by atoms with van der Waals surface area (Å²) in [5.41, 5.74) is -0.623. The highest BCUT2D eigenvalue weighted by Gasteiger charge is 2.16. The minimum atomic E-state index is -1.31. The van der Waals surface area contributed by atoms with E-state index in [1.165, 1.54) is 23.0 Å². The lowest BCUT2D eigenvalue weighted by Crippen LogP contribution is -2.18. The number of benzene rings is 1. The highest BCUT2D eigenvalue weighted by molar-refractivity contribution is 6.00. The van der Waals surface area contributed by atoms with Crippen LogP contribution in [0.4, 0.5) is 10.1 Å². The van der Waals surface area contributed by atoms with Gasteiger partial charge >= 0.3 is 5.97 Å². The quantitative estimate of drug-likeness (QED) is 0.854. The summed E-state index contributed by atoms with van der Waals surface area (Å²) in [4.78, 5) is 22.7. The number of nitrogens with one attached hydrogen (secondary N) is 1. The molecule has 2 aromatic rings. The topological polar surface area (TPSA) is 97.1 Å². The summed E-state index contributed by atoms with van der Waals surface area (Å²) >= 11 is 0. The predicted octanol–water partition coefficient (Wildman–Crippen LogP) is 1.14. The summed E-state index contributed by atoms with van der Waals surface area (Å²) in [7, 11) is 0. The number of hydrogen-bond donors (Lipinski definition) is 2. The largest absolute Gasteiger partial charge is 0.478 e. The summed E-state index contributed by atoms with van der Waals surface area (Å²) in [6.45, 7) is 0.267. The first-order valence-corrected chi connectivity index (χ1v) is 5.73. The molecule has 8 heteroatoms. The van der Waals surface area contributed by atoms with Gasteiger partial charge < -0.3 is 10.4 Å². The molecule has 1 amide bonds. The Morgan fingerprint density at radius 2 is 2.20 bits per heavy atom. The zero-order chi connectivity index (χ0) is 14.5.